The molecule has 0 saturated carbocycles. The third-order valence-electron chi connectivity index (χ3n) is 4.52. The lowest BCUT2D eigenvalue weighted by Crippen LogP contribution is -2.64. The summed E-state index contributed by atoms with van der Waals surface area (Å²) in [6.07, 6.45) is -12.9. The molecule has 2 fully saturated rings. The molecule has 0 radical (unpaired) electrons. The summed E-state index contributed by atoms with van der Waals surface area (Å²) in [5.41, 5.74) is 0. The van der Waals surface area contributed by atoms with Gasteiger partial charge in [-0.25, -0.2) is 0 Å². The number of thiol groups is 1. The van der Waals surface area contributed by atoms with Crippen molar-refractivity contribution in [3.8, 4) is 0 Å². The zero-order valence-electron chi connectivity index (χ0n) is 13.4. The van der Waals surface area contributed by atoms with Gasteiger partial charge in [0.2, 0.25) is 0 Å². The van der Waals surface area contributed by atoms with Crippen molar-refractivity contribution in [1.82, 2.24) is 0 Å². The van der Waals surface area contributed by atoms with Crippen LogP contribution in [0.3, 0.4) is 0 Å². The highest BCUT2D eigenvalue weighted by molar-refractivity contribution is 7.80. The van der Waals surface area contributed by atoms with Gasteiger partial charge in [-0.3, -0.25) is 0 Å². The largest absolute Gasteiger partial charge is 0.396 e. The summed E-state index contributed by atoms with van der Waals surface area (Å²) in [4.78, 5) is 0. The lowest BCUT2D eigenvalue weighted by molar-refractivity contribution is -0.337. The number of hydrogen-bond donors (Lipinski definition) is 8. The molecule has 148 valence electrons. The first-order valence-electron chi connectivity index (χ1n) is 8.05. The summed E-state index contributed by atoms with van der Waals surface area (Å²) in [6.45, 7) is -0.837. The zero-order valence-corrected chi connectivity index (χ0v) is 14.3. The normalized spacial score (nSPS) is 48.5. The summed E-state index contributed by atoms with van der Waals surface area (Å²) in [7, 11) is 0. The number of hydrogen-bond acceptors (Lipinski definition) is 11. The maximum atomic E-state index is 10.3. The van der Waals surface area contributed by atoms with Crippen LogP contribution in [-0.4, -0.2) is 116 Å². The van der Waals surface area contributed by atoms with E-state index in [0.29, 0.717) is 0 Å². The molecule has 0 aromatic rings. The zero-order chi connectivity index (χ0) is 18.7. The van der Waals surface area contributed by atoms with E-state index in [1.807, 2.05) is 0 Å². The molecule has 0 spiro atoms. The Hall–Kier alpha value is -0.0500. The van der Waals surface area contributed by atoms with Crippen LogP contribution in [0.4, 0.5) is 0 Å². The summed E-state index contributed by atoms with van der Waals surface area (Å²) in [5, 5.41) is 68.5. The van der Waals surface area contributed by atoms with Gasteiger partial charge in [0.25, 0.3) is 0 Å². The van der Waals surface area contributed by atoms with Crippen molar-refractivity contribution in [2.75, 3.05) is 19.0 Å². The Balaban J connectivity index is 2.11. The molecule has 2 aliphatic rings. The van der Waals surface area contributed by atoms with E-state index in [1.54, 1.807) is 0 Å². The molecule has 25 heavy (non-hydrogen) atoms. The van der Waals surface area contributed by atoms with Crippen molar-refractivity contribution in [2.45, 2.75) is 67.6 Å². The van der Waals surface area contributed by atoms with Gasteiger partial charge in [0.15, 0.2) is 6.29 Å². The third-order valence-corrected chi connectivity index (χ3v) is 4.88. The second-order valence-electron chi connectivity index (χ2n) is 6.19. The minimum atomic E-state index is -1.62. The molecule has 10 nitrogen and oxygen atoms in total. The van der Waals surface area contributed by atoms with Crippen LogP contribution in [0.1, 0.15) is 6.42 Å². The highest BCUT2D eigenvalue weighted by atomic mass is 32.1. The number of aliphatic hydroxyl groups excluding tert-OH is 7. The van der Waals surface area contributed by atoms with E-state index in [0.717, 1.165) is 0 Å². The average Bonchev–Trinajstić information content (AvgIpc) is 2.61. The lowest BCUT2D eigenvalue weighted by Gasteiger charge is -2.46. The van der Waals surface area contributed by atoms with Crippen molar-refractivity contribution in [1.29, 1.82) is 0 Å². The molecular formula is C14H26O10S. The monoisotopic (exact) mass is 386 g/mol. The van der Waals surface area contributed by atoms with Gasteiger partial charge in [0, 0.05) is 12.4 Å². The Labute approximate surface area is 150 Å². The molecule has 10 unspecified atom stereocenters. The molecule has 0 bridgehead atoms. The molecular weight excluding hydrogens is 360 g/mol. The molecule has 0 amide bonds. The fourth-order valence-electron chi connectivity index (χ4n) is 3.03. The maximum absolute atomic E-state index is 10.3. The van der Waals surface area contributed by atoms with Crippen LogP contribution < -0.4 is 0 Å². The van der Waals surface area contributed by atoms with Gasteiger partial charge in [-0.05, 0) is 6.42 Å². The highest BCUT2D eigenvalue weighted by Gasteiger charge is 2.49. The predicted molar refractivity (Wildman–Crippen MR) is 84.9 cm³/mol. The van der Waals surface area contributed by atoms with Crippen LogP contribution in [0.5, 0.6) is 0 Å². The minimum Gasteiger partial charge on any atom is -0.396 e. The second-order valence-corrected chi connectivity index (χ2v) is 6.55. The van der Waals surface area contributed by atoms with Gasteiger partial charge >= 0.3 is 0 Å². The topological polar surface area (TPSA) is 169 Å². The first-order valence-corrected chi connectivity index (χ1v) is 8.68. The van der Waals surface area contributed by atoms with Crippen molar-refractivity contribution in [2.24, 2.45) is 0 Å². The lowest BCUT2D eigenvalue weighted by atomic mass is 9.93. The van der Waals surface area contributed by atoms with Crippen molar-refractivity contribution in [3.63, 3.8) is 0 Å². The molecule has 10 atom stereocenters. The van der Waals surface area contributed by atoms with Gasteiger partial charge in [-0.2, -0.15) is 12.6 Å². The molecule has 2 rings (SSSR count). The molecule has 0 aliphatic carbocycles. The Morgan fingerprint density at radius 1 is 0.760 bits per heavy atom. The SMILES string of the molecule is OCCC1OC(CO)C(OC2OC(CS)C(O)C(O)C2O)C(O)C1O. The Bertz CT molecular complexity index is 411. The molecule has 2 aliphatic heterocycles. The van der Waals surface area contributed by atoms with Gasteiger partial charge in [0.1, 0.15) is 42.7 Å². The van der Waals surface area contributed by atoms with E-state index in [9.17, 15) is 30.6 Å². The Morgan fingerprint density at radius 3 is 1.96 bits per heavy atom. The average molecular weight is 386 g/mol. The fraction of sp³-hybridized carbons (Fsp3) is 1.00. The quantitative estimate of drug-likeness (QED) is 0.210. The van der Waals surface area contributed by atoms with Crippen LogP contribution in [0, 0.1) is 0 Å². The van der Waals surface area contributed by atoms with Gasteiger partial charge in [0.05, 0.1) is 18.8 Å². The van der Waals surface area contributed by atoms with Crippen LogP contribution in [0.15, 0.2) is 0 Å². The van der Waals surface area contributed by atoms with Crippen molar-refractivity contribution in [3.05, 3.63) is 0 Å². The molecule has 7 N–H and O–H groups in total. The Morgan fingerprint density at radius 2 is 1.40 bits per heavy atom. The van der Waals surface area contributed by atoms with Crippen molar-refractivity contribution < 1.29 is 50.0 Å². The first-order chi connectivity index (χ1) is 11.8. The third kappa shape index (κ3) is 4.45. The highest BCUT2D eigenvalue weighted by Crippen LogP contribution is 2.30. The summed E-state index contributed by atoms with van der Waals surface area (Å²) >= 11 is 3.99. The van der Waals surface area contributed by atoms with E-state index >= 15 is 0 Å². The van der Waals surface area contributed by atoms with E-state index in [4.69, 9.17) is 19.3 Å². The van der Waals surface area contributed by atoms with E-state index in [-0.39, 0.29) is 18.8 Å². The van der Waals surface area contributed by atoms with Crippen LogP contribution in [0.25, 0.3) is 0 Å². The summed E-state index contributed by atoms with van der Waals surface area (Å²) < 4.78 is 16.3. The molecule has 11 heteroatoms. The summed E-state index contributed by atoms with van der Waals surface area (Å²) in [5.74, 6) is 0.0408. The predicted octanol–water partition coefficient (Wildman–Crippen LogP) is -4.03. The molecule has 2 saturated heterocycles. The van der Waals surface area contributed by atoms with Crippen LogP contribution in [-0.2, 0) is 14.2 Å². The smallest absolute Gasteiger partial charge is 0.187 e. The number of ether oxygens (including phenoxy) is 3. The maximum Gasteiger partial charge on any atom is 0.187 e. The number of aliphatic hydroxyl groups is 7. The van der Waals surface area contributed by atoms with Gasteiger partial charge in [-0.1, -0.05) is 0 Å². The molecule has 0 aromatic heterocycles. The van der Waals surface area contributed by atoms with Gasteiger partial charge in [-0.15, -0.1) is 0 Å². The molecule has 2 heterocycles. The number of rotatable bonds is 6. The Kier molecular flexibility index (Phi) is 7.85. The summed E-state index contributed by atoms with van der Waals surface area (Å²) in [6, 6.07) is 0. The standard InChI is InChI=1S/C14H26O10S/c15-2-1-5-8(17)11(20)13(6(3-16)22-5)24-14-12(21)10(19)9(18)7(4-25)23-14/h5-21,25H,1-4H2. The second kappa shape index (κ2) is 9.24. The first kappa shape index (κ1) is 21.3. The van der Waals surface area contributed by atoms with E-state index in [2.05, 4.69) is 12.6 Å². The van der Waals surface area contributed by atoms with E-state index < -0.39 is 67.8 Å². The molecule has 0 aromatic carbocycles. The van der Waals surface area contributed by atoms with E-state index in [1.165, 1.54) is 0 Å². The van der Waals surface area contributed by atoms with Crippen molar-refractivity contribution >= 4 is 12.6 Å². The van der Waals surface area contributed by atoms with Crippen LogP contribution in [0.2, 0.25) is 0 Å². The van der Waals surface area contributed by atoms with Gasteiger partial charge < -0.3 is 50.0 Å². The fourth-order valence-corrected chi connectivity index (χ4v) is 3.33. The van der Waals surface area contributed by atoms with Crippen LogP contribution >= 0.6 is 12.6 Å². The minimum absolute atomic E-state index is 0.0408.